The van der Waals surface area contributed by atoms with Crippen LogP contribution < -0.4 is 9.30 Å². The summed E-state index contributed by atoms with van der Waals surface area (Å²) in [6.07, 6.45) is 7.81. The molecule has 0 radical (unpaired) electrons. The van der Waals surface area contributed by atoms with Crippen molar-refractivity contribution >= 4 is 12.2 Å². The number of phenols is 1. The molecular formula is C16H18NO2+. The fourth-order valence-corrected chi connectivity index (χ4v) is 1.76. The van der Waals surface area contributed by atoms with Gasteiger partial charge >= 0.3 is 0 Å². The lowest BCUT2D eigenvalue weighted by molar-refractivity contribution is -0.671. The van der Waals surface area contributed by atoms with E-state index in [9.17, 15) is 5.11 Å². The molecule has 1 aromatic carbocycles. The maximum Gasteiger partial charge on any atom is 0.169 e. The Morgan fingerprint density at radius 1 is 1.16 bits per heavy atom. The summed E-state index contributed by atoms with van der Waals surface area (Å²) < 4.78 is 7.33. The number of benzene rings is 1. The van der Waals surface area contributed by atoms with Crippen molar-refractivity contribution < 1.29 is 14.4 Å². The Hall–Kier alpha value is -2.29. The molecule has 3 heteroatoms. The van der Waals surface area contributed by atoms with E-state index in [2.05, 4.69) is 0 Å². The number of para-hydroxylation sites is 1. The van der Waals surface area contributed by atoms with Gasteiger partial charge in [0.1, 0.15) is 7.05 Å². The monoisotopic (exact) mass is 256 g/mol. The van der Waals surface area contributed by atoms with Crippen molar-refractivity contribution in [2.45, 2.75) is 6.92 Å². The Kier molecular flexibility index (Phi) is 4.18. The third kappa shape index (κ3) is 3.35. The first-order valence-electron chi connectivity index (χ1n) is 6.29. The van der Waals surface area contributed by atoms with Gasteiger partial charge in [0.2, 0.25) is 0 Å². The summed E-state index contributed by atoms with van der Waals surface area (Å²) in [5.74, 6) is 0.700. The molecule has 0 amide bonds. The molecule has 0 saturated heterocycles. The number of rotatable bonds is 4. The largest absolute Gasteiger partial charge is 0.504 e. The third-order valence-corrected chi connectivity index (χ3v) is 2.79. The average Bonchev–Trinajstić information content (AvgIpc) is 2.42. The van der Waals surface area contributed by atoms with E-state index in [1.54, 1.807) is 6.07 Å². The van der Waals surface area contributed by atoms with Gasteiger partial charge < -0.3 is 9.84 Å². The summed E-state index contributed by atoms with van der Waals surface area (Å²) in [5, 5.41) is 10.1. The van der Waals surface area contributed by atoms with Crippen molar-refractivity contribution in [2.24, 2.45) is 7.05 Å². The van der Waals surface area contributed by atoms with Crippen molar-refractivity contribution in [3.8, 4) is 11.5 Å². The number of pyridine rings is 1. The van der Waals surface area contributed by atoms with Gasteiger partial charge in [-0.2, -0.15) is 0 Å². The van der Waals surface area contributed by atoms with Gasteiger partial charge in [0.25, 0.3) is 0 Å². The van der Waals surface area contributed by atoms with E-state index in [1.165, 1.54) is 0 Å². The van der Waals surface area contributed by atoms with Crippen LogP contribution in [0.25, 0.3) is 12.2 Å². The Balaban J connectivity index is 2.23. The molecule has 0 saturated carbocycles. The zero-order chi connectivity index (χ0) is 13.7. The lowest BCUT2D eigenvalue weighted by atomic mass is 10.1. The smallest absolute Gasteiger partial charge is 0.169 e. The van der Waals surface area contributed by atoms with E-state index < -0.39 is 0 Å². The molecule has 1 heterocycles. The first kappa shape index (κ1) is 13.1. The van der Waals surface area contributed by atoms with Crippen LogP contribution in [0.1, 0.15) is 18.1 Å². The van der Waals surface area contributed by atoms with Crippen LogP contribution in [0.2, 0.25) is 0 Å². The average molecular weight is 256 g/mol. The minimum Gasteiger partial charge on any atom is -0.504 e. The number of phenolic OH excluding ortho intramolecular Hbond substituents is 1. The maximum atomic E-state index is 10.1. The summed E-state index contributed by atoms with van der Waals surface area (Å²) in [5.41, 5.74) is 1.83. The lowest BCUT2D eigenvalue weighted by Crippen LogP contribution is -2.25. The number of aryl methyl sites for hydroxylation is 1. The second kappa shape index (κ2) is 6.05. The molecule has 0 aliphatic carbocycles. The molecule has 0 atom stereocenters. The molecule has 0 fully saturated rings. The molecule has 2 rings (SSSR count). The zero-order valence-corrected chi connectivity index (χ0v) is 11.2. The zero-order valence-electron chi connectivity index (χ0n) is 11.2. The molecule has 0 unspecified atom stereocenters. The van der Waals surface area contributed by atoms with E-state index in [-0.39, 0.29) is 5.75 Å². The Bertz CT molecular complexity index is 574. The molecule has 0 aliphatic heterocycles. The Labute approximate surface area is 113 Å². The summed E-state index contributed by atoms with van der Waals surface area (Å²) in [6, 6.07) is 9.52. The third-order valence-electron chi connectivity index (χ3n) is 2.79. The van der Waals surface area contributed by atoms with Gasteiger partial charge in [-0.05, 0) is 18.6 Å². The van der Waals surface area contributed by atoms with E-state index in [0.717, 1.165) is 11.1 Å². The standard InChI is InChI=1S/C16H17NO2/c1-3-19-15-6-4-5-14(16(15)18)8-7-13-9-11-17(2)12-10-13/h4-12H,3H2,1-2H3/p+1. The second-order valence-electron chi connectivity index (χ2n) is 4.26. The van der Waals surface area contributed by atoms with E-state index >= 15 is 0 Å². The van der Waals surface area contributed by atoms with Crippen LogP contribution in [0.5, 0.6) is 11.5 Å². The fourth-order valence-electron chi connectivity index (χ4n) is 1.76. The number of hydrogen-bond acceptors (Lipinski definition) is 2. The van der Waals surface area contributed by atoms with Crippen molar-refractivity contribution in [2.75, 3.05) is 6.61 Å². The van der Waals surface area contributed by atoms with Gasteiger partial charge in [-0.25, -0.2) is 4.57 Å². The highest BCUT2D eigenvalue weighted by Gasteiger charge is 2.04. The summed E-state index contributed by atoms with van der Waals surface area (Å²) >= 11 is 0. The minimum atomic E-state index is 0.182. The normalized spacial score (nSPS) is 10.8. The van der Waals surface area contributed by atoms with E-state index in [0.29, 0.717) is 12.4 Å². The summed E-state index contributed by atoms with van der Waals surface area (Å²) in [4.78, 5) is 0. The number of nitrogens with zero attached hydrogens (tertiary/aromatic N) is 1. The van der Waals surface area contributed by atoms with Crippen LogP contribution in [0.3, 0.4) is 0 Å². The highest BCUT2D eigenvalue weighted by molar-refractivity contribution is 5.73. The first-order valence-corrected chi connectivity index (χ1v) is 6.29. The SMILES string of the molecule is CCOc1cccc(/C=C/c2cc[n+](C)cc2)c1O. The number of aromatic nitrogens is 1. The molecule has 3 nitrogen and oxygen atoms in total. The molecule has 0 aliphatic rings. The minimum absolute atomic E-state index is 0.182. The van der Waals surface area contributed by atoms with Crippen LogP contribution in [0, 0.1) is 0 Å². The molecule has 19 heavy (non-hydrogen) atoms. The first-order chi connectivity index (χ1) is 9.20. The van der Waals surface area contributed by atoms with Crippen LogP contribution in [0.4, 0.5) is 0 Å². The molecule has 98 valence electrons. The predicted molar refractivity (Wildman–Crippen MR) is 75.8 cm³/mol. The predicted octanol–water partition coefficient (Wildman–Crippen LogP) is 2.79. The second-order valence-corrected chi connectivity index (χ2v) is 4.26. The molecule has 2 aromatic rings. The van der Waals surface area contributed by atoms with Crippen molar-refractivity contribution in [1.82, 2.24) is 0 Å². The lowest BCUT2D eigenvalue weighted by Gasteiger charge is -2.07. The van der Waals surface area contributed by atoms with E-state index in [1.807, 2.05) is 67.3 Å². The van der Waals surface area contributed by atoms with Crippen molar-refractivity contribution in [1.29, 1.82) is 0 Å². The van der Waals surface area contributed by atoms with Crippen LogP contribution in [0.15, 0.2) is 42.7 Å². The highest BCUT2D eigenvalue weighted by atomic mass is 16.5. The van der Waals surface area contributed by atoms with Gasteiger partial charge in [0.05, 0.1) is 6.61 Å². The van der Waals surface area contributed by atoms with Crippen LogP contribution >= 0.6 is 0 Å². The topological polar surface area (TPSA) is 33.3 Å². The van der Waals surface area contributed by atoms with Crippen LogP contribution in [-0.4, -0.2) is 11.7 Å². The number of ether oxygens (including phenoxy) is 1. The fraction of sp³-hybridized carbons (Fsp3) is 0.188. The van der Waals surface area contributed by atoms with Gasteiger partial charge in [-0.3, -0.25) is 0 Å². The highest BCUT2D eigenvalue weighted by Crippen LogP contribution is 2.30. The Morgan fingerprint density at radius 3 is 2.58 bits per heavy atom. The maximum absolute atomic E-state index is 10.1. The quantitative estimate of drug-likeness (QED) is 0.853. The van der Waals surface area contributed by atoms with Crippen LogP contribution in [-0.2, 0) is 7.05 Å². The molecular weight excluding hydrogens is 238 g/mol. The number of hydrogen-bond donors (Lipinski definition) is 1. The van der Waals surface area contributed by atoms with Crippen molar-refractivity contribution in [3.05, 3.63) is 53.9 Å². The van der Waals surface area contributed by atoms with Gasteiger partial charge in [-0.1, -0.05) is 24.3 Å². The van der Waals surface area contributed by atoms with Gasteiger partial charge in [-0.15, -0.1) is 0 Å². The van der Waals surface area contributed by atoms with Gasteiger partial charge in [0.15, 0.2) is 23.9 Å². The van der Waals surface area contributed by atoms with E-state index in [4.69, 9.17) is 4.74 Å². The number of aromatic hydroxyl groups is 1. The molecule has 1 aromatic heterocycles. The van der Waals surface area contributed by atoms with Crippen molar-refractivity contribution in [3.63, 3.8) is 0 Å². The summed E-state index contributed by atoms with van der Waals surface area (Å²) in [7, 11) is 1.98. The molecule has 0 bridgehead atoms. The Morgan fingerprint density at radius 2 is 1.89 bits per heavy atom. The van der Waals surface area contributed by atoms with Gasteiger partial charge in [0, 0.05) is 17.7 Å². The summed E-state index contributed by atoms with van der Waals surface area (Å²) in [6.45, 7) is 2.43. The molecule has 0 spiro atoms. The molecule has 1 N–H and O–H groups in total.